The molecule has 1 aromatic carbocycles. The van der Waals surface area contributed by atoms with Gasteiger partial charge in [-0.15, -0.1) is 0 Å². The van der Waals surface area contributed by atoms with Crippen LogP contribution in [0.15, 0.2) is 30.5 Å². The zero-order chi connectivity index (χ0) is 20.1. The Labute approximate surface area is 166 Å². The Morgan fingerprint density at radius 3 is 2.61 bits per heavy atom. The van der Waals surface area contributed by atoms with E-state index in [1.165, 1.54) is 6.42 Å². The van der Waals surface area contributed by atoms with E-state index in [1.54, 1.807) is 0 Å². The first-order chi connectivity index (χ1) is 13.3. The summed E-state index contributed by atoms with van der Waals surface area (Å²) in [6, 6.07) is 7.46. The van der Waals surface area contributed by atoms with Crippen molar-refractivity contribution in [2.24, 2.45) is 0 Å². The fourth-order valence-corrected chi connectivity index (χ4v) is 3.73. The summed E-state index contributed by atoms with van der Waals surface area (Å²) in [7, 11) is 0. The van der Waals surface area contributed by atoms with Crippen LogP contribution in [-0.4, -0.2) is 34.7 Å². The molecule has 1 aliphatic carbocycles. The first-order valence-corrected chi connectivity index (χ1v) is 10.2. The van der Waals surface area contributed by atoms with Gasteiger partial charge in [-0.05, 0) is 45.2 Å². The number of amides is 2. The number of alkyl carbamates (subject to hydrolysis) is 1. The van der Waals surface area contributed by atoms with Crippen molar-refractivity contribution in [1.29, 1.82) is 0 Å². The van der Waals surface area contributed by atoms with E-state index >= 15 is 0 Å². The summed E-state index contributed by atoms with van der Waals surface area (Å²) in [5, 5.41) is 6.97. The van der Waals surface area contributed by atoms with Crippen LogP contribution in [0, 0.1) is 0 Å². The SMILES string of the molecule is CC(C)(C)OC(=O)N[C@H](Cc1c[nH]c2ccccc12)C(=O)NC1CCCCC1. The van der Waals surface area contributed by atoms with Crippen LogP contribution < -0.4 is 10.6 Å². The van der Waals surface area contributed by atoms with Gasteiger partial charge in [-0.2, -0.15) is 0 Å². The van der Waals surface area contributed by atoms with Gasteiger partial charge in [0.15, 0.2) is 0 Å². The highest BCUT2D eigenvalue weighted by molar-refractivity contribution is 5.88. The zero-order valence-electron chi connectivity index (χ0n) is 17.0. The van der Waals surface area contributed by atoms with Crippen molar-refractivity contribution in [3.05, 3.63) is 36.0 Å². The van der Waals surface area contributed by atoms with Crippen LogP contribution in [0.3, 0.4) is 0 Å². The minimum atomic E-state index is -0.684. The van der Waals surface area contributed by atoms with Gasteiger partial charge in [-0.3, -0.25) is 4.79 Å². The van der Waals surface area contributed by atoms with E-state index < -0.39 is 17.7 Å². The number of aromatic amines is 1. The Bertz CT molecular complexity index is 816. The number of carbonyl (C=O) groups excluding carboxylic acids is 2. The summed E-state index contributed by atoms with van der Waals surface area (Å²) in [4.78, 5) is 28.5. The third-order valence-corrected chi connectivity index (χ3v) is 5.06. The van der Waals surface area contributed by atoms with Crippen molar-refractivity contribution in [2.75, 3.05) is 0 Å². The lowest BCUT2D eigenvalue weighted by Crippen LogP contribution is -2.51. The van der Waals surface area contributed by atoms with E-state index in [4.69, 9.17) is 4.74 Å². The molecule has 1 aliphatic rings. The Hall–Kier alpha value is -2.50. The van der Waals surface area contributed by atoms with Gasteiger partial charge in [0.1, 0.15) is 11.6 Å². The molecule has 2 aromatic rings. The van der Waals surface area contributed by atoms with Gasteiger partial charge in [-0.25, -0.2) is 4.79 Å². The molecule has 0 radical (unpaired) electrons. The van der Waals surface area contributed by atoms with Crippen molar-refractivity contribution in [3.63, 3.8) is 0 Å². The molecule has 1 saturated carbocycles. The number of ether oxygens (including phenoxy) is 1. The lowest BCUT2D eigenvalue weighted by molar-refractivity contribution is -0.124. The number of hydrogen-bond acceptors (Lipinski definition) is 3. The number of carbonyl (C=O) groups is 2. The monoisotopic (exact) mass is 385 g/mol. The first-order valence-electron chi connectivity index (χ1n) is 10.2. The second-order valence-corrected chi connectivity index (χ2v) is 8.61. The summed E-state index contributed by atoms with van der Waals surface area (Å²) in [6.45, 7) is 5.43. The molecule has 0 unspecified atom stereocenters. The summed E-state index contributed by atoms with van der Waals surface area (Å²) >= 11 is 0. The lowest BCUT2D eigenvalue weighted by atomic mass is 9.95. The summed E-state index contributed by atoms with van der Waals surface area (Å²) < 4.78 is 5.38. The Kier molecular flexibility index (Phi) is 6.27. The maximum atomic E-state index is 13.0. The molecule has 1 fully saturated rings. The van der Waals surface area contributed by atoms with E-state index in [-0.39, 0.29) is 11.9 Å². The highest BCUT2D eigenvalue weighted by Gasteiger charge is 2.27. The van der Waals surface area contributed by atoms with Crippen LogP contribution in [0.2, 0.25) is 0 Å². The molecule has 1 aromatic heterocycles. The van der Waals surface area contributed by atoms with Gasteiger partial charge in [0, 0.05) is 29.6 Å². The molecule has 1 heterocycles. The van der Waals surface area contributed by atoms with Crippen LogP contribution in [0.5, 0.6) is 0 Å². The molecular formula is C22H31N3O3. The average Bonchev–Trinajstić information content (AvgIpc) is 3.03. The maximum Gasteiger partial charge on any atom is 0.408 e. The van der Waals surface area contributed by atoms with Gasteiger partial charge in [0.25, 0.3) is 0 Å². The predicted octanol–water partition coefficient (Wildman–Crippen LogP) is 4.05. The third kappa shape index (κ3) is 5.50. The van der Waals surface area contributed by atoms with E-state index in [0.717, 1.165) is 42.1 Å². The molecule has 6 nitrogen and oxygen atoms in total. The van der Waals surface area contributed by atoms with E-state index in [9.17, 15) is 9.59 Å². The van der Waals surface area contributed by atoms with Gasteiger partial charge in [-0.1, -0.05) is 37.5 Å². The molecule has 6 heteroatoms. The minimum Gasteiger partial charge on any atom is -0.444 e. The molecule has 2 amide bonds. The van der Waals surface area contributed by atoms with Crippen molar-refractivity contribution in [2.45, 2.75) is 77.0 Å². The second kappa shape index (κ2) is 8.67. The number of benzene rings is 1. The van der Waals surface area contributed by atoms with Crippen LogP contribution in [0.25, 0.3) is 10.9 Å². The quantitative estimate of drug-likeness (QED) is 0.726. The molecule has 0 aliphatic heterocycles. The predicted molar refractivity (Wildman–Crippen MR) is 110 cm³/mol. The van der Waals surface area contributed by atoms with Gasteiger partial charge in [0.05, 0.1) is 0 Å². The summed E-state index contributed by atoms with van der Waals surface area (Å²) in [5.41, 5.74) is 1.39. The van der Waals surface area contributed by atoms with Gasteiger partial charge >= 0.3 is 6.09 Å². The van der Waals surface area contributed by atoms with Crippen LogP contribution in [0.1, 0.15) is 58.4 Å². The molecular weight excluding hydrogens is 354 g/mol. The molecule has 152 valence electrons. The minimum absolute atomic E-state index is 0.150. The van der Waals surface area contributed by atoms with Crippen LogP contribution in [0.4, 0.5) is 4.79 Å². The van der Waals surface area contributed by atoms with Crippen molar-refractivity contribution >= 4 is 22.9 Å². The number of rotatable bonds is 5. The summed E-state index contributed by atoms with van der Waals surface area (Å²) in [6.07, 6.45) is 7.23. The van der Waals surface area contributed by atoms with Crippen molar-refractivity contribution < 1.29 is 14.3 Å². The molecule has 0 saturated heterocycles. The number of aromatic nitrogens is 1. The fourth-order valence-electron chi connectivity index (χ4n) is 3.73. The normalized spacial score (nSPS) is 16.5. The zero-order valence-corrected chi connectivity index (χ0v) is 17.0. The average molecular weight is 386 g/mol. The number of fused-ring (bicyclic) bond motifs is 1. The third-order valence-electron chi connectivity index (χ3n) is 5.06. The highest BCUT2D eigenvalue weighted by Crippen LogP contribution is 2.21. The number of para-hydroxylation sites is 1. The molecule has 3 rings (SSSR count). The van der Waals surface area contributed by atoms with E-state index in [0.29, 0.717) is 6.42 Å². The Morgan fingerprint density at radius 2 is 1.89 bits per heavy atom. The standard InChI is InChI=1S/C22H31N3O3/c1-22(2,3)28-21(27)25-19(20(26)24-16-9-5-4-6-10-16)13-15-14-23-18-12-8-7-11-17(15)18/h7-8,11-12,14,16,19,23H,4-6,9-10,13H2,1-3H3,(H,24,26)(H,25,27)/t19-/m1/s1. The first kappa shape index (κ1) is 20.2. The topological polar surface area (TPSA) is 83.2 Å². The van der Waals surface area contributed by atoms with Crippen molar-refractivity contribution in [1.82, 2.24) is 15.6 Å². The Morgan fingerprint density at radius 1 is 1.18 bits per heavy atom. The van der Waals surface area contributed by atoms with Crippen LogP contribution in [-0.2, 0) is 16.0 Å². The van der Waals surface area contributed by atoms with Gasteiger partial charge < -0.3 is 20.4 Å². The fraction of sp³-hybridized carbons (Fsp3) is 0.545. The summed E-state index contributed by atoms with van der Waals surface area (Å²) in [5.74, 6) is -0.150. The molecule has 0 spiro atoms. The lowest BCUT2D eigenvalue weighted by Gasteiger charge is -2.27. The van der Waals surface area contributed by atoms with Gasteiger partial charge in [0.2, 0.25) is 5.91 Å². The number of hydrogen-bond donors (Lipinski definition) is 3. The highest BCUT2D eigenvalue weighted by atomic mass is 16.6. The molecule has 0 bridgehead atoms. The number of nitrogens with one attached hydrogen (secondary N) is 3. The van der Waals surface area contributed by atoms with Crippen molar-refractivity contribution in [3.8, 4) is 0 Å². The van der Waals surface area contributed by atoms with E-state index in [2.05, 4.69) is 15.6 Å². The smallest absolute Gasteiger partial charge is 0.408 e. The van der Waals surface area contributed by atoms with Crippen LogP contribution >= 0.6 is 0 Å². The number of H-pyrrole nitrogens is 1. The Balaban J connectivity index is 1.74. The largest absolute Gasteiger partial charge is 0.444 e. The molecule has 28 heavy (non-hydrogen) atoms. The van der Waals surface area contributed by atoms with E-state index in [1.807, 2.05) is 51.2 Å². The second-order valence-electron chi connectivity index (χ2n) is 8.61. The maximum absolute atomic E-state index is 13.0. The molecule has 1 atom stereocenters. The molecule has 3 N–H and O–H groups in total.